The summed E-state index contributed by atoms with van der Waals surface area (Å²) in [5.74, 6) is 1.32. The van der Waals surface area contributed by atoms with E-state index in [2.05, 4.69) is 32.4 Å². The highest BCUT2D eigenvalue weighted by atomic mass is 16.3. The molecule has 20 heavy (non-hydrogen) atoms. The molecule has 110 valence electrons. The van der Waals surface area contributed by atoms with Gasteiger partial charge in [-0.3, -0.25) is 5.10 Å². The van der Waals surface area contributed by atoms with E-state index in [1.165, 1.54) is 0 Å². The van der Waals surface area contributed by atoms with E-state index in [-0.39, 0.29) is 0 Å². The van der Waals surface area contributed by atoms with Gasteiger partial charge < -0.3 is 15.3 Å². The molecule has 7 heteroatoms. The molecule has 2 rings (SSSR count). The number of rotatable bonds is 6. The van der Waals surface area contributed by atoms with Crippen LogP contribution in [0, 0.1) is 0 Å². The van der Waals surface area contributed by atoms with Gasteiger partial charge in [0.25, 0.3) is 0 Å². The maximum absolute atomic E-state index is 9.96. The summed E-state index contributed by atoms with van der Waals surface area (Å²) in [6.45, 7) is 6.91. The molecule has 0 saturated heterocycles. The molecule has 3 N–H and O–H groups in total. The van der Waals surface area contributed by atoms with Crippen LogP contribution in [0.25, 0.3) is 11.0 Å². The topological polar surface area (TPSA) is 90.0 Å². The molecule has 0 aliphatic rings. The summed E-state index contributed by atoms with van der Waals surface area (Å²) in [7, 11) is 1.90. The second-order valence-electron chi connectivity index (χ2n) is 5.60. The van der Waals surface area contributed by atoms with Crippen molar-refractivity contribution in [3.05, 3.63) is 6.20 Å². The Morgan fingerprint density at radius 1 is 1.40 bits per heavy atom. The minimum atomic E-state index is -0.799. The van der Waals surface area contributed by atoms with Crippen molar-refractivity contribution in [1.29, 1.82) is 0 Å². The Labute approximate surface area is 118 Å². The van der Waals surface area contributed by atoms with Crippen molar-refractivity contribution in [2.75, 3.05) is 30.4 Å². The van der Waals surface area contributed by atoms with Gasteiger partial charge >= 0.3 is 0 Å². The molecule has 0 bridgehead atoms. The van der Waals surface area contributed by atoms with E-state index in [0.717, 1.165) is 24.2 Å². The minimum Gasteiger partial charge on any atom is -0.389 e. The van der Waals surface area contributed by atoms with Gasteiger partial charge in [0.05, 0.1) is 17.2 Å². The molecule has 2 heterocycles. The Hall–Kier alpha value is -1.89. The largest absolute Gasteiger partial charge is 0.389 e. The van der Waals surface area contributed by atoms with Crippen LogP contribution in [0.1, 0.15) is 27.2 Å². The fraction of sp³-hybridized carbons (Fsp3) is 0.615. The van der Waals surface area contributed by atoms with E-state index in [9.17, 15) is 5.11 Å². The zero-order valence-electron chi connectivity index (χ0n) is 12.4. The molecule has 0 unspecified atom stereocenters. The summed E-state index contributed by atoms with van der Waals surface area (Å²) >= 11 is 0. The van der Waals surface area contributed by atoms with Crippen molar-refractivity contribution in [2.45, 2.75) is 32.8 Å². The van der Waals surface area contributed by atoms with Crippen LogP contribution in [0.4, 0.5) is 11.8 Å². The van der Waals surface area contributed by atoms with Crippen LogP contribution in [0.15, 0.2) is 6.20 Å². The number of likely N-dealkylation sites (N-methyl/N-ethyl adjacent to an activating group) is 1. The van der Waals surface area contributed by atoms with Crippen LogP contribution in [-0.4, -0.2) is 51.0 Å². The van der Waals surface area contributed by atoms with Gasteiger partial charge in [0, 0.05) is 20.1 Å². The van der Waals surface area contributed by atoms with Gasteiger partial charge in [-0.1, -0.05) is 6.92 Å². The summed E-state index contributed by atoms with van der Waals surface area (Å²) in [4.78, 5) is 10.8. The average Bonchev–Trinajstić information content (AvgIpc) is 2.81. The fourth-order valence-corrected chi connectivity index (χ4v) is 2.08. The molecule has 0 aliphatic heterocycles. The number of H-pyrrole nitrogens is 1. The summed E-state index contributed by atoms with van der Waals surface area (Å²) < 4.78 is 0. The molecule has 0 aliphatic carbocycles. The van der Waals surface area contributed by atoms with Crippen LogP contribution in [0.2, 0.25) is 0 Å². The van der Waals surface area contributed by atoms with Gasteiger partial charge in [-0.15, -0.1) is 0 Å². The number of aliphatic hydroxyl groups is 1. The Bertz CT molecular complexity index is 574. The van der Waals surface area contributed by atoms with Gasteiger partial charge in [0.1, 0.15) is 5.82 Å². The predicted octanol–water partition coefficient (Wildman–Crippen LogP) is 1.38. The van der Waals surface area contributed by atoms with Crippen LogP contribution < -0.4 is 10.2 Å². The number of anilines is 2. The molecule has 0 amide bonds. The van der Waals surface area contributed by atoms with Gasteiger partial charge in [0.2, 0.25) is 5.95 Å². The van der Waals surface area contributed by atoms with Crippen LogP contribution in [0.5, 0.6) is 0 Å². The molecule has 0 aromatic carbocycles. The predicted molar refractivity (Wildman–Crippen MR) is 80.0 cm³/mol. The van der Waals surface area contributed by atoms with E-state index in [1.807, 2.05) is 11.9 Å². The lowest BCUT2D eigenvalue weighted by atomic mass is 10.1. The highest BCUT2D eigenvalue weighted by Gasteiger charge is 2.20. The maximum Gasteiger partial charge on any atom is 0.226 e. The lowest BCUT2D eigenvalue weighted by molar-refractivity contribution is 0.0885. The first-order chi connectivity index (χ1) is 9.40. The van der Waals surface area contributed by atoms with Gasteiger partial charge in [-0.05, 0) is 20.3 Å². The smallest absolute Gasteiger partial charge is 0.226 e. The monoisotopic (exact) mass is 278 g/mol. The number of aromatic nitrogens is 4. The van der Waals surface area contributed by atoms with Gasteiger partial charge in [-0.2, -0.15) is 15.1 Å². The molecular weight excluding hydrogens is 256 g/mol. The first kappa shape index (κ1) is 14.5. The molecule has 7 nitrogen and oxygen atoms in total. The van der Waals surface area contributed by atoms with Crippen molar-refractivity contribution in [1.82, 2.24) is 20.2 Å². The van der Waals surface area contributed by atoms with E-state index in [4.69, 9.17) is 0 Å². The van der Waals surface area contributed by atoms with E-state index in [1.54, 1.807) is 20.0 Å². The maximum atomic E-state index is 9.96. The number of fused-ring (bicyclic) bond motifs is 1. The standard InChI is InChI=1S/C13H22N6O/c1-5-6-14-12-16-10-9(7-15-18-10)11(17-12)19(4)8-13(2,3)20/h7,20H,5-6,8H2,1-4H3,(H2,14,15,16,17,18). The Morgan fingerprint density at radius 3 is 2.80 bits per heavy atom. The SMILES string of the molecule is CCCNc1nc(N(C)CC(C)(C)O)c2cn[nH]c2n1. The molecular formula is C13H22N6O. The Balaban J connectivity index is 2.36. The summed E-state index contributed by atoms with van der Waals surface area (Å²) in [5, 5.41) is 20.9. The van der Waals surface area contributed by atoms with Crippen LogP contribution in [-0.2, 0) is 0 Å². The third kappa shape index (κ3) is 3.36. The number of hydrogen-bond acceptors (Lipinski definition) is 6. The van der Waals surface area contributed by atoms with E-state index >= 15 is 0 Å². The molecule has 0 spiro atoms. The van der Waals surface area contributed by atoms with Crippen molar-refractivity contribution in [2.24, 2.45) is 0 Å². The first-order valence-electron chi connectivity index (χ1n) is 6.79. The van der Waals surface area contributed by atoms with Crippen molar-refractivity contribution >= 4 is 22.8 Å². The zero-order chi connectivity index (χ0) is 14.8. The lowest BCUT2D eigenvalue weighted by Gasteiger charge is -2.26. The Morgan fingerprint density at radius 2 is 2.15 bits per heavy atom. The van der Waals surface area contributed by atoms with Crippen molar-refractivity contribution in [3.63, 3.8) is 0 Å². The lowest BCUT2D eigenvalue weighted by Crippen LogP contribution is -2.36. The number of nitrogens with one attached hydrogen (secondary N) is 2. The van der Waals surface area contributed by atoms with Gasteiger partial charge in [-0.25, -0.2) is 0 Å². The van der Waals surface area contributed by atoms with Crippen LogP contribution >= 0.6 is 0 Å². The molecule has 0 saturated carbocycles. The van der Waals surface area contributed by atoms with Crippen molar-refractivity contribution in [3.8, 4) is 0 Å². The second-order valence-corrected chi connectivity index (χ2v) is 5.60. The third-order valence-electron chi connectivity index (χ3n) is 2.81. The zero-order valence-corrected chi connectivity index (χ0v) is 12.4. The Kier molecular flexibility index (Phi) is 4.08. The normalized spacial score (nSPS) is 11.8. The molecule has 0 radical (unpaired) electrons. The van der Waals surface area contributed by atoms with Crippen molar-refractivity contribution < 1.29 is 5.11 Å². The summed E-state index contributed by atoms with van der Waals surface area (Å²) in [5.41, 5.74) is -0.108. The molecule has 0 fully saturated rings. The number of aromatic amines is 1. The summed E-state index contributed by atoms with van der Waals surface area (Å²) in [6.07, 6.45) is 2.70. The minimum absolute atomic E-state index is 0.470. The second kappa shape index (κ2) is 5.62. The van der Waals surface area contributed by atoms with E-state index in [0.29, 0.717) is 18.1 Å². The number of nitrogens with zero attached hydrogens (tertiary/aromatic N) is 4. The summed E-state index contributed by atoms with van der Waals surface area (Å²) in [6, 6.07) is 0. The molecule has 0 atom stereocenters. The molecule has 2 aromatic heterocycles. The fourth-order valence-electron chi connectivity index (χ4n) is 2.08. The first-order valence-corrected chi connectivity index (χ1v) is 6.79. The highest BCUT2D eigenvalue weighted by molar-refractivity contribution is 5.87. The number of hydrogen-bond donors (Lipinski definition) is 3. The average molecular weight is 278 g/mol. The van der Waals surface area contributed by atoms with Gasteiger partial charge in [0.15, 0.2) is 5.65 Å². The molecule has 2 aromatic rings. The third-order valence-corrected chi connectivity index (χ3v) is 2.81. The van der Waals surface area contributed by atoms with E-state index < -0.39 is 5.60 Å². The highest BCUT2D eigenvalue weighted by Crippen LogP contribution is 2.24. The van der Waals surface area contributed by atoms with Crippen LogP contribution in [0.3, 0.4) is 0 Å². The quantitative estimate of drug-likeness (QED) is 0.739.